The van der Waals surface area contributed by atoms with Gasteiger partial charge in [-0.3, -0.25) is 4.57 Å². The second-order valence-corrected chi connectivity index (χ2v) is 22.6. The van der Waals surface area contributed by atoms with Gasteiger partial charge in [-0.1, -0.05) is 83.1 Å². The van der Waals surface area contributed by atoms with E-state index in [4.69, 9.17) is 13.6 Å². The smallest absolute Gasteiger partial charge is 0.260 e. The van der Waals surface area contributed by atoms with Crippen molar-refractivity contribution in [1.82, 2.24) is 4.57 Å². The van der Waals surface area contributed by atoms with Gasteiger partial charge in [0.25, 0.3) is 16.6 Å². The van der Waals surface area contributed by atoms with E-state index in [1.165, 1.54) is 0 Å². The fourth-order valence-corrected chi connectivity index (χ4v) is 17.1. The van der Waals surface area contributed by atoms with E-state index in [2.05, 4.69) is 112 Å². The summed E-state index contributed by atoms with van der Waals surface area (Å²) in [5.74, 6) is 2.63. The molecule has 1 aromatic heterocycles. The average molecular weight is 518 g/mol. The van der Waals surface area contributed by atoms with Gasteiger partial charge in [0.05, 0.1) is 12.8 Å². The maximum absolute atomic E-state index is 7.21. The van der Waals surface area contributed by atoms with E-state index in [0.29, 0.717) is 33.2 Å². The minimum absolute atomic E-state index is 0.488. The molecule has 0 unspecified atom stereocenters. The Labute approximate surface area is 217 Å². The molecule has 0 fully saturated rings. The third-order valence-electron chi connectivity index (χ3n) is 8.12. The molecule has 1 heterocycles. The van der Waals surface area contributed by atoms with Crippen molar-refractivity contribution in [3.63, 3.8) is 0 Å². The van der Waals surface area contributed by atoms with E-state index < -0.39 is 16.6 Å². The zero-order valence-corrected chi connectivity index (χ0v) is 26.6. The van der Waals surface area contributed by atoms with Gasteiger partial charge in [-0.25, -0.2) is 0 Å². The molecule has 0 bridgehead atoms. The molecule has 6 heteroatoms. The minimum Gasteiger partial charge on any atom is -0.531 e. The van der Waals surface area contributed by atoms with Crippen molar-refractivity contribution in [2.24, 2.45) is 0 Å². The molecule has 2 aromatic rings. The molecular weight excluding hydrogens is 466 g/mol. The highest BCUT2D eigenvalue weighted by Gasteiger charge is 2.49. The fraction of sp³-hybridized carbons (Fsp3) is 0.655. The Morgan fingerprint density at radius 1 is 0.514 bits per heavy atom. The van der Waals surface area contributed by atoms with Crippen LogP contribution in [0.2, 0.25) is 33.2 Å². The molecule has 0 N–H and O–H groups in total. The highest BCUT2D eigenvalue weighted by Crippen LogP contribution is 2.47. The van der Waals surface area contributed by atoms with Crippen molar-refractivity contribution in [2.45, 2.75) is 116 Å². The van der Waals surface area contributed by atoms with Gasteiger partial charge in [0.2, 0.25) is 0 Å². The molecule has 35 heavy (non-hydrogen) atoms. The molecule has 0 amide bonds. The lowest BCUT2D eigenvalue weighted by molar-refractivity contribution is 0.413. The number of nitrogens with zero attached hydrogens (tertiary/aromatic N) is 1. The second kappa shape index (κ2) is 11.6. The summed E-state index contributed by atoms with van der Waals surface area (Å²) in [4.78, 5) is 0. The molecule has 0 aliphatic rings. The van der Waals surface area contributed by atoms with Crippen LogP contribution in [0.25, 0.3) is 5.69 Å². The number of rotatable bonds is 12. The number of ether oxygens (including phenoxy) is 1. The number of hydrogen-bond acceptors (Lipinski definition) is 3. The van der Waals surface area contributed by atoms with Gasteiger partial charge in [0, 0.05) is 12.1 Å². The van der Waals surface area contributed by atoms with E-state index in [1.807, 2.05) is 12.1 Å². The Bertz CT molecular complexity index is 835. The van der Waals surface area contributed by atoms with E-state index in [-0.39, 0.29) is 0 Å². The van der Waals surface area contributed by atoms with Crippen LogP contribution in [-0.2, 0) is 0 Å². The molecule has 0 atom stereocenters. The lowest BCUT2D eigenvalue weighted by atomic mass is 10.3. The lowest BCUT2D eigenvalue weighted by Gasteiger charge is -2.43. The molecule has 0 aliphatic carbocycles. The fourth-order valence-electron chi connectivity index (χ4n) is 6.61. The largest absolute Gasteiger partial charge is 0.531 e. The first-order chi connectivity index (χ1) is 16.2. The lowest BCUT2D eigenvalue weighted by Crippen LogP contribution is -2.51. The van der Waals surface area contributed by atoms with Crippen LogP contribution in [0.4, 0.5) is 0 Å². The number of hydrogen-bond donors (Lipinski definition) is 0. The number of benzene rings is 1. The summed E-state index contributed by atoms with van der Waals surface area (Å²) >= 11 is 0. The van der Waals surface area contributed by atoms with Gasteiger partial charge in [-0.05, 0) is 57.5 Å². The van der Waals surface area contributed by atoms with Crippen LogP contribution in [-0.4, -0.2) is 28.3 Å². The van der Waals surface area contributed by atoms with Crippen molar-refractivity contribution in [3.05, 3.63) is 36.4 Å². The molecule has 1 aromatic carbocycles. The van der Waals surface area contributed by atoms with Gasteiger partial charge < -0.3 is 13.6 Å². The molecule has 0 saturated carbocycles. The minimum atomic E-state index is -2.15. The molecular formula is C29H51NO3Si2. The zero-order valence-electron chi connectivity index (χ0n) is 24.6. The Morgan fingerprint density at radius 3 is 1.09 bits per heavy atom. The van der Waals surface area contributed by atoms with Crippen molar-refractivity contribution in [2.75, 3.05) is 7.11 Å². The zero-order chi connectivity index (χ0) is 26.7. The number of methoxy groups -OCH3 is 1. The summed E-state index contributed by atoms with van der Waals surface area (Å²) in [6, 6.07) is 12.5. The highest BCUT2D eigenvalue weighted by atomic mass is 28.4. The quantitative estimate of drug-likeness (QED) is 0.263. The molecule has 0 spiro atoms. The molecule has 4 nitrogen and oxygen atoms in total. The van der Waals surface area contributed by atoms with Crippen molar-refractivity contribution in [1.29, 1.82) is 0 Å². The Hall–Kier alpha value is -1.67. The van der Waals surface area contributed by atoms with Crippen molar-refractivity contribution in [3.8, 4) is 23.2 Å². The van der Waals surface area contributed by atoms with Crippen LogP contribution in [0.3, 0.4) is 0 Å². The Kier molecular flexibility index (Phi) is 9.79. The van der Waals surface area contributed by atoms with E-state index in [9.17, 15) is 0 Å². The summed E-state index contributed by atoms with van der Waals surface area (Å²) in [6.07, 6.45) is 0. The predicted octanol–water partition coefficient (Wildman–Crippen LogP) is 9.59. The maximum Gasteiger partial charge on any atom is 0.260 e. The second-order valence-electron chi connectivity index (χ2n) is 11.9. The Balaban J connectivity index is 2.76. The molecule has 0 radical (unpaired) electrons. The van der Waals surface area contributed by atoms with Gasteiger partial charge in [-0.15, -0.1) is 0 Å². The monoisotopic (exact) mass is 517 g/mol. The van der Waals surface area contributed by atoms with Crippen LogP contribution >= 0.6 is 0 Å². The molecule has 0 saturated heterocycles. The maximum atomic E-state index is 7.21. The normalized spacial score (nSPS) is 13.1. The van der Waals surface area contributed by atoms with E-state index in [0.717, 1.165) is 23.2 Å². The standard InChI is InChI=1S/C29H51NO3Si2/c1-20(2)34(21(3)4,22(5)6)32-28-18-19-29(30(28)26-14-16-27(31-13)17-15-26)33-35(23(7)8,24(9)10)25(11)12/h14-25H,1-13H3. The van der Waals surface area contributed by atoms with Gasteiger partial charge >= 0.3 is 0 Å². The summed E-state index contributed by atoms with van der Waals surface area (Å²) in [7, 11) is -2.60. The third kappa shape index (κ3) is 5.53. The van der Waals surface area contributed by atoms with Crippen molar-refractivity contribution >= 4 is 16.6 Å². The molecule has 198 valence electrons. The molecule has 0 aliphatic heterocycles. The average Bonchev–Trinajstić information content (AvgIpc) is 3.15. The molecule has 2 rings (SSSR count). The van der Waals surface area contributed by atoms with Crippen LogP contribution < -0.4 is 13.6 Å². The van der Waals surface area contributed by atoms with Crippen LogP contribution in [0.1, 0.15) is 83.1 Å². The van der Waals surface area contributed by atoms with Crippen LogP contribution in [0.15, 0.2) is 36.4 Å². The van der Waals surface area contributed by atoms with Gasteiger partial charge in [-0.2, -0.15) is 0 Å². The van der Waals surface area contributed by atoms with Crippen molar-refractivity contribution < 1.29 is 13.6 Å². The highest BCUT2D eigenvalue weighted by molar-refractivity contribution is 6.78. The first-order valence-electron chi connectivity index (χ1n) is 13.5. The summed E-state index contributed by atoms with van der Waals surface area (Å²) in [6.45, 7) is 28.0. The van der Waals surface area contributed by atoms with Gasteiger partial charge in [0.1, 0.15) is 5.75 Å². The van der Waals surface area contributed by atoms with E-state index in [1.54, 1.807) is 7.11 Å². The first kappa shape index (κ1) is 29.6. The summed E-state index contributed by atoms with van der Waals surface area (Å²) in [5.41, 5.74) is 3.97. The SMILES string of the molecule is COc1ccc(-n2c(O[Si](C(C)C)(C(C)C)C(C)C)ccc2O[Si](C(C)C)(C(C)C)C(C)C)cc1. The summed E-state index contributed by atoms with van der Waals surface area (Å²) in [5, 5.41) is 0. The third-order valence-corrected chi connectivity index (χ3v) is 20.1. The Morgan fingerprint density at radius 2 is 0.829 bits per heavy atom. The van der Waals surface area contributed by atoms with E-state index >= 15 is 0 Å². The topological polar surface area (TPSA) is 32.6 Å². The number of aromatic nitrogens is 1. The summed E-state index contributed by atoms with van der Waals surface area (Å²) < 4.78 is 22.1. The van der Waals surface area contributed by atoms with Gasteiger partial charge in [0.15, 0.2) is 11.8 Å². The van der Waals surface area contributed by atoms with Crippen LogP contribution in [0.5, 0.6) is 17.5 Å². The first-order valence-corrected chi connectivity index (χ1v) is 17.8. The predicted molar refractivity (Wildman–Crippen MR) is 156 cm³/mol. The van der Waals surface area contributed by atoms with Crippen LogP contribution in [0, 0.1) is 0 Å².